The molecule has 0 spiro atoms. The normalized spacial score (nSPS) is 10.7. The van der Waals surface area contributed by atoms with Crippen molar-refractivity contribution in [1.82, 2.24) is 0 Å². The van der Waals surface area contributed by atoms with E-state index in [9.17, 15) is 22.6 Å². The molecule has 4 rings (SSSR count). The zero-order valence-electron chi connectivity index (χ0n) is 21.0. The maximum absolute atomic E-state index is 12.2. The van der Waals surface area contributed by atoms with Crippen LogP contribution in [0.1, 0.15) is 0 Å². The van der Waals surface area contributed by atoms with Crippen LogP contribution in [0, 0.1) is 0 Å². The molecule has 2 amide bonds. The first kappa shape index (κ1) is 27.8. The molecule has 0 saturated heterocycles. The van der Waals surface area contributed by atoms with Crippen LogP contribution in [-0.2, 0) is 19.7 Å². The number of rotatable bonds is 10. The number of carbonyl (C=O) groups is 2. The van der Waals surface area contributed by atoms with Crippen molar-refractivity contribution in [3.05, 3.63) is 116 Å². The summed E-state index contributed by atoms with van der Waals surface area (Å²) >= 11 is 0. The van der Waals surface area contributed by atoms with E-state index in [1.807, 2.05) is 0 Å². The maximum Gasteiger partial charge on any atom is 0.298 e. The first-order valence-electron chi connectivity index (χ1n) is 11.8. The smallest absolute Gasteiger partial charge is 0.298 e. The third kappa shape index (κ3) is 7.22. The first-order chi connectivity index (χ1) is 19.1. The Hall–Kier alpha value is -5.19. The van der Waals surface area contributed by atoms with Gasteiger partial charge >= 0.3 is 0 Å². The lowest BCUT2D eigenvalue weighted by molar-refractivity contribution is -0.112. The lowest BCUT2D eigenvalue weighted by Crippen LogP contribution is -2.06. The number of ether oxygens (including phenoxy) is 2. The molecule has 202 valence electrons. The molecule has 0 atom stereocenters. The molecule has 0 aliphatic carbocycles. The molecule has 3 N–H and O–H groups in total. The summed E-state index contributed by atoms with van der Waals surface area (Å²) in [6.07, 6.45) is 2.32. The summed E-state index contributed by atoms with van der Waals surface area (Å²) in [5.74, 6) is 0.631. The number of nitrogens with one attached hydrogen (secondary N) is 2. The number of benzene rings is 4. The summed E-state index contributed by atoms with van der Waals surface area (Å²) in [6, 6.07) is 24.4. The fraction of sp³-hybridized carbons (Fsp3) is 0. The zero-order valence-corrected chi connectivity index (χ0v) is 21.9. The van der Waals surface area contributed by atoms with Crippen LogP contribution in [0.2, 0.25) is 0 Å². The number of hydrogen-bond donors (Lipinski definition) is 3. The van der Waals surface area contributed by atoms with Gasteiger partial charge in [0.15, 0.2) is 0 Å². The van der Waals surface area contributed by atoms with Gasteiger partial charge < -0.3 is 20.1 Å². The van der Waals surface area contributed by atoms with Gasteiger partial charge in [-0.15, -0.1) is 0 Å². The molecule has 4 aromatic rings. The molecule has 0 radical (unpaired) electrons. The first-order valence-corrected chi connectivity index (χ1v) is 13.2. The molecule has 0 heterocycles. The molecule has 9 nitrogen and oxygen atoms in total. The molecular weight excluding hydrogens is 532 g/mol. The van der Waals surface area contributed by atoms with E-state index in [0.29, 0.717) is 39.8 Å². The van der Waals surface area contributed by atoms with Crippen molar-refractivity contribution >= 4 is 33.3 Å². The van der Waals surface area contributed by atoms with Crippen molar-refractivity contribution < 1.29 is 32.0 Å². The van der Waals surface area contributed by atoms with Gasteiger partial charge in [0.25, 0.3) is 10.1 Å². The third-order valence-corrected chi connectivity index (χ3v) is 6.36. The van der Waals surface area contributed by atoms with Crippen LogP contribution in [0.4, 0.5) is 11.4 Å². The molecule has 0 aliphatic heterocycles. The summed E-state index contributed by atoms with van der Waals surface area (Å²) in [6.45, 7) is 6.80. The summed E-state index contributed by atoms with van der Waals surface area (Å²) in [4.78, 5) is 22.4. The van der Waals surface area contributed by atoms with Gasteiger partial charge in [0.1, 0.15) is 27.9 Å². The molecule has 0 unspecified atom stereocenters. The minimum Gasteiger partial charge on any atom is -0.457 e. The highest BCUT2D eigenvalue weighted by Crippen LogP contribution is 2.34. The van der Waals surface area contributed by atoms with Gasteiger partial charge in [0.05, 0.1) is 0 Å². The van der Waals surface area contributed by atoms with Crippen molar-refractivity contribution in [3.63, 3.8) is 0 Å². The summed E-state index contributed by atoms with van der Waals surface area (Å²) < 4.78 is 45.7. The maximum atomic E-state index is 12.2. The molecule has 0 bridgehead atoms. The Balaban J connectivity index is 1.50. The Morgan fingerprint density at radius 2 is 1.07 bits per heavy atom. The topological polar surface area (TPSA) is 131 Å². The number of amides is 2. The van der Waals surface area contributed by atoms with E-state index < -0.39 is 15.0 Å². The van der Waals surface area contributed by atoms with E-state index in [1.54, 1.807) is 78.9 Å². The van der Waals surface area contributed by atoms with Crippen molar-refractivity contribution in [2.45, 2.75) is 4.90 Å². The third-order valence-electron chi connectivity index (χ3n) is 5.49. The predicted molar refractivity (Wildman–Crippen MR) is 152 cm³/mol. The van der Waals surface area contributed by atoms with Gasteiger partial charge in [-0.05, 0) is 96.1 Å². The van der Waals surface area contributed by atoms with Crippen LogP contribution in [0.15, 0.2) is 121 Å². The van der Waals surface area contributed by atoms with Crippen molar-refractivity contribution in [1.29, 1.82) is 0 Å². The highest BCUT2D eigenvalue weighted by Gasteiger charge is 2.19. The quantitative estimate of drug-likeness (QED) is 0.151. The zero-order chi connectivity index (χ0) is 28.7. The minimum absolute atomic E-state index is 0.0678. The van der Waals surface area contributed by atoms with Gasteiger partial charge in [-0.1, -0.05) is 31.4 Å². The fourth-order valence-electron chi connectivity index (χ4n) is 3.55. The molecular formula is C30H24N2O7S. The highest BCUT2D eigenvalue weighted by molar-refractivity contribution is 7.86. The van der Waals surface area contributed by atoms with E-state index in [4.69, 9.17) is 9.47 Å². The van der Waals surface area contributed by atoms with Gasteiger partial charge in [-0.3, -0.25) is 14.1 Å². The molecule has 0 saturated carbocycles. The van der Waals surface area contributed by atoms with Gasteiger partial charge in [0.2, 0.25) is 11.8 Å². The van der Waals surface area contributed by atoms with E-state index in [0.717, 1.165) is 6.08 Å². The largest absolute Gasteiger partial charge is 0.457 e. The number of anilines is 2. The van der Waals surface area contributed by atoms with Gasteiger partial charge in [-0.2, -0.15) is 8.42 Å². The predicted octanol–water partition coefficient (Wildman–Crippen LogP) is 6.43. The number of carbonyl (C=O) groups excluding carboxylic acids is 2. The van der Waals surface area contributed by atoms with Gasteiger partial charge in [0, 0.05) is 11.4 Å². The number of hydrogen-bond acceptors (Lipinski definition) is 6. The Morgan fingerprint density at radius 3 is 1.52 bits per heavy atom. The Kier molecular flexibility index (Phi) is 8.43. The molecule has 0 aliphatic rings. The Labute approximate surface area is 231 Å². The van der Waals surface area contributed by atoms with E-state index in [1.165, 1.54) is 18.2 Å². The van der Waals surface area contributed by atoms with Crippen LogP contribution in [0.25, 0.3) is 11.1 Å². The molecule has 10 heteroatoms. The van der Waals surface area contributed by atoms with Crippen LogP contribution >= 0.6 is 0 Å². The van der Waals surface area contributed by atoms with Gasteiger partial charge in [-0.25, -0.2) is 0 Å². The lowest BCUT2D eigenvalue weighted by Gasteiger charge is -2.13. The van der Waals surface area contributed by atoms with Crippen LogP contribution in [0.5, 0.6) is 23.0 Å². The molecule has 0 aromatic heterocycles. The second-order valence-electron chi connectivity index (χ2n) is 8.30. The fourth-order valence-corrected chi connectivity index (χ4v) is 4.19. The SMILES string of the molecule is C=CC(=O)Nc1ccc(Oc2ccc(-c3ccc(Oc4ccc(NC(=O)C=C)cc4)c(S(=O)(=O)O)c3)cc2)cc1. The van der Waals surface area contributed by atoms with Crippen molar-refractivity contribution in [2.24, 2.45) is 0 Å². The van der Waals surface area contributed by atoms with Crippen LogP contribution < -0.4 is 20.1 Å². The van der Waals surface area contributed by atoms with Crippen LogP contribution in [-0.4, -0.2) is 24.8 Å². The molecule has 0 fully saturated rings. The summed E-state index contributed by atoms with van der Waals surface area (Å²) in [5.41, 5.74) is 2.30. The summed E-state index contributed by atoms with van der Waals surface area (Å²) in [7, 11) is -4.62. The summed E-state index contributed by atoms with van der Waals surface area (Å²) in [5, 5.41) is 5.25. The average molecular weight is 557 g/mol. The standard InChI is InChI=1S/C30H24N2O7S/c1-3-29(33)31-22-8-14-25(15-9-22)38-24-12-5-20(6-13-24)21-7-18-27(28(19-21)40(35,36)37)39-26-16-10-23(11-17-26)32-30(34)4-2/h3-19H,1-2H2,(H,31,33)(H,32,34)(H,35,36,37). The van der Waals surface area contributed by atoms with Crippen molar-refractivity contribution in [3.8, 4) is 34.1 Å². The monoisotopic (exact) mass is 556 g/mol. The second kappa shape index (κ2) is 12.1. The molecule has 40 heavy (non-hydrogen) atoms. The average Bonchev–Trinajstić information content (AvgIpc) is 2.95. The second-order valence-corrected chi connectivity index (χ2v) is 9.69. The van der Waals surface area contributed by atoms with E-state index in [2.05, 4.69) is 23.8 Å². The lowest BCUT2D eigenvalue weighted by atomic mass is 10.1. The molecule has 4 aromatic carbocycles. The van der Waals surface area contributed by atoms with Crippen LogP contribution in [0.3, 0.4) is 0 Å². The Morgan fingerprint density at radius 1 is 0.650 bits per heavy atom. The Bertz CT molecular complexity index is 1660. The highest BCUT2D eigenvalue weighted by atomic mass is 32.2. The van der Waals surface area contributed by atoms with Crippen molar-refractivity contribution in [2.75, 3.05) is 10.6 Å². The van der Waals surface area contributed by atoms with E-state index >= 15 is 0 Å². The minimum atomic E-state index is -4.62. The van der Waals surface area contributed by atoms with E-state index in [-0.39, 0.29) is 17.6 Å².